The van der Waals surface area contributed by atoms with Crippen LogP contribution in [-0.2, 0) is 16.6 Å². The van der Waals surface area contributed by atoms with Crippen molar-refractivity contribution in [2.75, 3.05) is 5.73 Å². The van der Waals surface area contributed by atoms with Crippen LogP contribution in [0.1, 0.15) is 32.6 Å². The number of hydrogen-bond donors (Lipinski definition) is 2. The van der Waals surface area contributed by atoms with Crippen LogP contribution in [0.2, 0.25) is 0 Å². The van der Waals surface area contributed by atoms with Gasteiger partial charge < -0.3 is 5.73 Å². The van der Waals surface area contributed by atoms with Crippen molar-refractivity contribution in [2.24, 2.45) is 0 Å². The molecule has 1 unspecified atom stereocenters. The van der Waals surface area contributed by atoms with Crippen LogP contribution in [0.25, 0.3) is 0 Å². The van der Waals surface area contributed by atoms with Crippen molar-refractivity contribution in [3.05, 3.63) is 18.3 Å². The predicted octanol–water partition coefficient (Wildman–Crippen LogP) is 1.26. The maximum atomic E-state index is 12.3. The Labute approximate surface area is 113 Å². The second kappa shape index (κ2) is 5.75. The van der Waals surface area contributed by atoms with Crippen molar-refractivity contribution in [3.8, 4) is 0 Å². The Balaban J connectivity index is 2.16. The van der Waals surface area contributed by atoms with Gasteiger partial charge in [0, 0.05) is 18.8 Å². The Hall–Kier alpha value is -1.34. The van der Waals surface area contributed by atoms with E-state index in [1.165, 1.54) is 6.20 Å². The first kappa shape index (κ1) is 14.1. The Morgan fingerprint density at radius 1 is 1.53 bits per heavy atom. The van der Waals surface area contributed by atoms with Crippen molar-refractivity contribution >= 4 is 15.8 Å². The smallest absolute Gasteiger partial charge is 0.246 e. The molecule has 0 fully saturated rings. The Morgan fingerprint density at radius 2 is 2.32 bits per heavy atom. The molecule has 3 N–H and O–H groups in total. The number of nitrogens with zero attached hydrogens (tertiary/aromatic N) is 2. The van der Waals surface area contributed by atoms with Gasteiger partial charge in [0.1, 0.15) is 4.90 Å². The van der Waals surface area contributed by atoms with E-state index in [4.69, 9.17) is 5.73 Å². The maximum Gasteiger partial charge on any atom is 0.246 e. The number of nitrogen functional groups attached to an aromatic ring is 1. The number of aryl methyl sites for hydroxylation is 1. The molecule has 0 radical (unpaired) electrons. The second-order valence-electron chi connectivity index (χ2n) is 4.74. The van der Waals surface area contributed by atoms with Crippen molar-refractivity contribution in [3.63, 3.8) is 0 Å². The lowest BCUT2D eigenvalue weighted by atomic mass is 10.0. The highest BCUT2D eigenvalue weighted by Crippen LogP contribution is 2.19. The largest absolute Gasteiger partial charge is 0.381 e. The molecule has 1 aromatic rings. The highest BCUT2D eigenvalue weighted by molar-refractivity contribution is 7.89. The molecule has 0 saturated carbocycles. The summed E-state index contributed by atoms with van der Waals surface area (Å²) in [4.78, 5) is 0.0792. The quantitative estimate of drug-likeness (QED) is 0.797. The van der Waals surface area contributed by atoms with Gasteiger partial charge in [0.05, 0.1) is 0 Å². The molecule has 1 aromatic heterocycles. The molecule has 2 rings (SSSR count). The standard InChI is InChI=1S/C12H20N4O2S/c1-2-8-16-9-11(12(13)14-16)19(17,18)15-10-6-4-3-5-7-10/h3-4,9-10,15H,2,5-8H2,1H3,(H2,13,14). The minimum absolute atomic E-state index is 0.0519. The van der Waals surface area contributed by atoms with Gasteiger partial charge >= 0.3 is 0 Å². The molecule has 0 amide bonds. The molecule has 106 valence electrons. The minimum atomic E-state index is -3.58. The van der Waals surface area contributed by atoms with Gasteiger partial charge in [-0.15, -0.1) is 0 Å². The predicted molar refractivity (Wildman–Crippen MR) is 74.0 cm³/mol. The van der Waals surface area contributed by atoms with E-state index in [2.05, 4.69) is 15.9 Å². The number of nitrogens with two attached hydrogens (primary N) is 1. The number of sulfonamides is 1. The van der Waals surface area contributed by atoms with E-state index in [1.807, 2.05) is 13.0 Å². The highest BCUT2D eigenvalue weighted by Gasteiger charge is 2.24. The van der Waals surface area contributed by atoms with Gasteiger partial charge in [0.2, 0.25) is 10.0 Å². The lowest BCUT2D eigenvalue weighted by Gasteiger charge is -2.18. The summed E-state index contributed by atoms with van der Waals surface area (Å²) in [5.74, 6) is 0.0623. The van der Waals surface area contributed by atoms with E-state index in [9.17, 15) is 8.42 Å². The van der Waals surface area contributed by atoms with Gasteiger partial charge in [-0.05, 0) is 25.7 Å². The Bertz CT molecular complexity index is 562. The first-order valence-corrected chi connectivity index (χ1v) is 8.01. The van der Waals surface area contributed by atoms with Gasteiger partial charge in [-0.3, -0.25) is 4.68 Å². The third kappa shape index (κ3) is 3.36. The molecule has 0 bridgehead atoms. The fraction of sp³-hybridized carbons (Fsp3) is 0.583. The van der Waals surface area contributed by atoms with Crippen LogP contribution in [0.5, 0.6) is 0 Å². The van der Waals surface area contributed by atoms with Gasteiger partial charge in [-0.2, -0.15) is 5.10 Å². The topological polar surface area (TPSA) is 90.0 Å². The summed E-state index contributed by atoms with van der Waals surface area (Å²) in [5.41, 5.74) is 5.70. The highest BCUT2D eigenvalue weighted by atomic mass is 32.2. The number of allylic oxidation sites excluding steroid dienone is 1. The molecule has 0 saturated heterocycles. The van der Waals surface area contributed by atoms with Crippen LogP contribution < -0.4 is 10.5 Å². The third-order valence-corrected chi connectivity index (χ3v) is 4.63. The molecule has 6 nitrogen and oxygen atoms in total. The van der Waals surface area contributed by atoms with Crippen molar-refractivity contribution in [1.82, 2.24) is 14.5 Å². The lowest BCUT2D eigenvalue weighted by Crippen LogP contribution is -2.35. The monoisotopic (exact) mass is 284 g/mol. The molecule has 0 aromatic carbocycles. The SMILES string of the molecule is CCCn1cc(S(=O)(=O)NC2CC=CCC2)c(N)n1. The Morgan fingerprint density at radius 3 is 2.95 bits per heavy atom. The Kier molecular flexibility index (Phi) is 4.26. The van der Waals surface area contributed by atoms with Crippen LogP contribution in [0.4, 0.5) is 5.82 Å². The van der Waals surface area contributed by atoms with Crippen molar-refractivity contribution < 1.29 is 8.42 Å². The zero-order chi connectivity index (χ0) is 13.9. The van der Waals surface area contributed by atoms with E-state index < -0.39 is 10.0 Å². The summed E-state index contributed by atoms with van der Waals surface area (Å²) in [6.45, 7) is 2.66. The molecular weight excluding hydrogens is 264 g/mol. The number of anilines is 1. The van der Waals surface area contributed by atoms with Crippen LogP contribution >= 0.6 is 0 Å². The summed E-state index contributed by atoms with van der Waals surface area (Å²) < 4.78 is 28.8. The summed E-state index contributed by atoms with van der Waals surface area (Å²) in [7, 11) is -3.58. The average molecular weight is 284 g/mol. The minimum Gasteiger partial charge on any atom is -0.381 e. The second-order valence-corrected chi connectivity index (χ2v) is 6.43. The number of hydrogen-bond acceptors (Lipinski definition) is 4. The van der Waals surface area contributed by atoms with Crippen LogP contribution in [0, 0.1) is 0 Å². The van der Waals surface area contributed by atoms with Crippen LogP contribution in [0.15, 0.2) is 23.2 Å². The molecule has 19 heavy (non-hydrogen) atoms. The summed E-state index contributed by atoms with van der Waals surface area (Å²) >= 11 is 0. The lowest BCUT2D eigenvalue weighted by molar-refractivity contribution is 0.522. The van der Waals surface area contributed by atoms with Gasteiger partial charge in [0.25, 0.3) is 0 Å². The molecule has 1 aliphatic rings. The molecule has 1 aliphatic carbocycles. The van der Waals surface area contributed by atoms with E-state index >= 15 is 0 Å². The van der Waals surface area contributed by atoms with Crippen molar-refractivity contribution in [2.45, 2.75) is 50.1 Å². The molecular formula is C12H20N4O2S. The fourth-order valence-corrected chi connectivity index (χ4v) is 3.51. The van der Waals surface area contributed by atoms with E-state index in [-0.39, 0.29) is 16.8 Å². The first-order chi connectivity index (χ1) is 9.03. The fourth-order valence-electron chi connectivity index (χ4n) is 2.15. The number of nitrogens with one attached hydrogen (secondary N) is 1. The summed E-state index contributed by atoms with van der Waals surface area (Å²) in [5, 5.41) is 4.02. The van der Waals surface area contributed by atoms with Gasteiger partial charge in [0.15, 0.2) is 5.82 Å². The molecule has 1 atom stereocenters. The zero-order valence-electron chi connectivity index (χ0n) is 11.0. The van der Waals surface area contributed by atoms with E-state index in [1.54, 1.807) is 4.68 Å². The molecule has 0 spiro atoms. The van der Waals surface area contributed by atoms with Crippen molar-refractivity contribution in [1.29, 1.82) is 0 Å². The van der Waals surface area contributed by atoms with Gasteiger partial charge in [-0.25, -0.2) is 13.1 Å². The zero-order valence-corrected chi connectivity index (χ0v) is 11.9. The molecule has 1 heterocycles. The average Bonchev–Trinajstić information content (AvgIpc) is 2.72. The first-order valence-electron chi connectivity index (χ1n) is 6.53. The maximum absolute atomic E-state index is 12.3. The van der Waals surface area contributed by atoms with Crippen LogP contribution in [0.3, 0.4) is 0 Å². The number of aromatic nitrogens is 2. The number of rotatable bonds is 5. The van der Waals surface area contributed by atoms with E-state index in [0.29, 0.717) is 6.54 Å². The van der Waals surface area contributed by atoms with Crippen LogP contribution in [-0.4, -0.2) is 24.2 Å². The summed E-state index contributed by atoms with van der Waals surface area (Å²) in [6, 6.07) is -0.0519. The molecule has 0 aliphatic heterocycles. The van der Waals surface area contributed by atoms with E-state index in [0.717, 1.165) is 25.7 Å². The third-order valence-electron chi connectivity index (χ3n) is 3.09. The summed E-state index contributed by atoms with van der Waals surface area (Å²) in [6.07, 6.45) is 8.89. The normalized spacial score (nSPS) is 19.7. The van der Waals surface area contributed by atoms with Gasteiger partial charge in [-0.1, -0.05) is 19.1 Å². The molecule has 7 heteroatoms.